The molecule has 0 aliphatic heterocycles. The second kappa shape index (κ2) is 4.48. The molecule has 3 N–H and O–H groups in total. The SMILES string of the molecule is NCCCc1c[nH]n(C23CC4CC(CC(C4)C2)C3)c1=O. The van der Waals surface area contributed by atoms with Crippen molar-refractivity contribution in [3.63, 3.8) is 0 Å². The minimum atomic E-state index is 0.118. The number of nitrogens with one attached hydrogen (secondary N) is 1. The van der Waals surface area contributed by atoms with Gasteiger partial charge in [0.2, 0.25) is 0 Å². The Kier molecular flexibility index (Phi) is 2.85. The van der Waals surface area contributed by atoms with Crippen molar-refractivity contribution in [2.75, 3.05) is 6.54 Å². The van der Waals surface area contributed by atoms with E-state index in [1.54, 1.807) is 0 Å². The molecule has 4 bridgehead atoms. The molecule has 110 valence electrons. The molecule has 4 aliphatic carbocycles. The number of aromatic nitrogens is 2. The zero-order valence-corrected chi connectivity index (χ0v) is 12.1. The van der Waals surface area contributed by atoms with Crippen LogP contribution in [0.2, 0.25) is 0 Å². The molecule has 0 spiro atoms. The third-order valence-corrected chi connectivity index (χ3v) is 5.98. The van der Waals surface area contributed by atoms with Gasteiger partial charge >= 0.3 is 0 Å². The fraction of sp³-hybridized carbons (Fsp3) is 0.812. The quantitative estimate of drug-likeness (QED) is 0.882. The van der Waals surface area contributed by atoms with E-state index in [1.165, 1.54) is 38.5 Å². The Morgan fingerprint density at radius 2 is 1.80 bits per heavy atom. The zero-order valence-electron chi connectivity index (χ0n) is 12.1. The highest BCUT2D eigenvalue weighted by Gasteiger charge is 2.52. The Morgan fingerprint density at radius 1 is 1.20 bits per heavy atom. The van der Waals surface area contributed by atoms with E-state index in [9.17, 15) is 4.79 Å². The Labute approximate surface area is 119 Å². The van der Waals surface area contributed by atoms with Gasteiger partial charge in [-0.05, 0) is 75.7 Å². The summed E-state index contributed by atoms with van der Waals surface area (Å²) in [4.78, 5) is 12.7. The molecule has 4 saturated carbocycles. The summed E-state index contributed by atoms with van der Waals surface area (Å²) >= 11 is 0. The third kappa shape index (κ3) is 1.80. The maximum Gasteiger partial charge on any atom is 0.270 e. The smallest absolute Gasteiger partial charge is 0.270 e. The van der Waals surface area contributed by atoms with Crippen molar-refractivity contribution in [2.24, 2.45) is 23.5 Å². The van der Waals surface area contributed by atoms with Crippen molar-refractivity contribution >= 4 is 0 Å². The van der Waals surface area contributed by atoms with Gasteiger partial charge < -0.3 is 10.8 Å². The number of nitrogens with two attached hydrogens (primary N) is 1. The molecule has 1 aromatic heterocycles. The second-order valence-corrected chi connectivity index (χ2v) is 7.47. The molecule has 0 radical (unpaired) electrons. The summed E-state index contributed by atoms with van der Waals surface area (Å²) in [6.07, 6.45) is 11.5. The summed E-state index contributed by atoms with van der Waals surface area (Å²) in [5.41, 5.74) is 6.82. The topological polar surface area (TPSA) is 63.8 Å². The predicted octanol–water partition coefficient (Wildman–Crippen LogP) is 1.99. The van der Waals surface area contributed by atoms with Gasteiger partial charge in [-0.15, -0.1) is 0 Å². The molecule has 4 fully saturated rings. The van der Waals surface area contributed by atoms with E-state index in [0.717, 1.165) is 36.2 Å². The van der Waals surface area contributed by atoms with Crippen LogP contribution in [0.25, 0.3) is 0 Å². The van der Waals surface area contributed by atoms with E-state index in [4.69, 9.17) is 5.73 Å². The molecular formula is C16H25N3O. The summed E-state index contributed by atoms with van der Waals surface area (Å²) in [5.74, 6) is 2.59. The molecule has 20 heavy (non-hydrogen) atoms. The zero-order chi connectivity index (χ0) is 13.7. The number of nitrogens with zero attached hydrogens (tertiary/aromatic N) is 1. The standard InChI is InChI=1S/C16H25N3O/c17-3-1-2-14-10-18-19(15(14)20)16-7-11-4-12(8-16)6-13(5-11)9-16/h10-13,18H,1-9,17H2. The normalized spacial score (nSPS) is 38.5. The van der Waals surface area contributed by atoms with Crippen LogP contribution in [-0.4, -0.2) is 16.3 Å². The summed E-state index contributed by atoms with van der Waals surface area (Å²) in [7, 11) is 0. The van der Waals surface area contributed by atoms with Crippen molar-refractivity contribution in [2.45, 2.75) is 56.9 Å². The van der Waals surface area contributed by atoms with Gasteiger partial charge in [-0.1, -0.05) is 0 Å². The van der Waals surface area contributed by atoms with Crippen LogP contribution >= 0.6 is 0 Å². The molecule has 0 amide bonds. The lowest BCUT2D eigenvalue weighted by atomic mass is 9.53. The fourth-order valence-electron chi connectivity index (χ4n) is 5.57. The molecule has 0 saturated heterocycles. The third-order valence-electron chi connectivity index (χ3n) is 5.98. The molecule has 0 atom stereocenters. The first-order valence-electron chi connectivity index (χ1n) is 8.20. The largest absolute Gasteiger partial charge is 0.330 e. The Morgan fingerprint density at radius 3 is 2.35 bits per heavy atom. The average molecular weight is 275 g/mol. The maximum absolute atomic E-state index is 12.7. The van der Waals surface area contributed by atoms with Crippen LogP contribution in [-0.2, 0) is 12.0 Å². The van der Waals surface area contributed by atoms with Crippen LogP contribution in [0.4, 0.5) is 0 Å². The van der Waals surface area contributed by atoms with Crippen molar-refractivity contribution in [3.8, 4) is 0 Å². The number of rotatable bonds is 4. The Hall–Kier alpha value is -1.03. The van der Waals surface area contributed by atoms with Crippen LogP contribution in [0.3, 0.4) is 0 Å². The van der Waals surface area contributed by atoms with Crippen molar-refractivity contribution < 1.29 is 0 Å². The monoisotopic (exact) mass is 275 g/mol. The van der Waals surface area contributed by atoms with Crippen molar-refractivity contribution in [1.29, 1.82) is 0 Å². The molecule has 4 nitrogen and oxygen atoms in total. The van der Waals surface area contributed by atoms with Crippen LogP contribution in [0.5, 0.6) is 0 Å². The lowest BCUT2D eigenvalue weighted by molar-refractivity contribution is -0.0510. The van der Waals surface area contributed by atoms with Crippen molar-refractivity contribution in [3.05, 3.63) is 22.1 Å². The van der Waals surface area contributed by atoms with Gasteiger partial charge in [0.25, 0.3) is 5.56 Å². The minimum Gasteiger partial charge on any atom is -0.330 e. The van der Waals surface area contributed by atoms with E-state index >= 15 is 0 Å². The van der Waals surface area contributed by atoms with Gasteiger partial charge in [-0.2, -0.15) is 0 Å². The fourth-order valence-corrected chi connectivity index (χ4v) is 5.57. The number of aryl methyl sites for hydroxylation is 1. The predicted molar refractivity (Wildman–Crippen MR) is 78.6 cm³/mol. The van der Waals surface area contributed by atoms with Gasteiger partial charge in [0.1, 0.15) is 0 Å². The van der Waals surface area contributed by atoms with Gasteiger partial charge in [0.05, 0.1) is 5.54 Å². The number of aromatic amines is 1. The molecule has 4 aliphatic rings. The molecule has 1 aromatic rings. The van der Waals surface area contributed by atoms with Crippen LogP contribution in [0.1, 0.15) is 50.5 Å². The summed E-state index contributed by atoms with van der Waals surface area (Å²) in [6, 6.07) is 0. The summed E-state index contributed by atoms with van der Waals surface area (Å²) in [5, 5.41) is 3.30. The molecule has 4 heteroatoms. The number of H-pyrrole nitrogens is 1. The van der Waals surface area contributed by atoms with Gasteiger partial charge in [0, 0.05) is 11.8 Å². The highest BCUT2D eigenvalue weighted by Crippen LogP contribution is 2.58. The van der Waals surface area contributed by atoms with E-state index in [2.05, 4.69) is 5.10 Å². The van der Waals surface area contributed by atoms with Gasteiger partial charge in [0.15, 0.2) is 0 Å². The Balaban J connectivity index is 1.67. The minimum absolute atomic E-state index is 0.118. The van der Waals surface area contributed by atoms with E-state index < -0.39 is 0 Å². The molecule has 0 unspecified atom stereocenters. The average Bonchev–Trinajstić information content (AvgIpc) is 2.77. The van der Waals surface area contributed by atoms with Crippen LogP contribution in [0, 0.1) is 17.8 Å². The highest BCUT2D eigenvalue weighted by molar-refractivity contribution is 5.11. The first-order valence-corrected chi connectivity index (χ1v) is 8.20. The number of hydrogen-bond donors (Lipinski definition) is 2. The number of hydrogen-bond acceptors (Lipinski definition) is 2. The first kappa shape index (κ1) is 12.7. The summed E-state index contributed by atoms with van der Waals surface area (Å²) in [6.45, 7) is 0.655. The van der Waals surface area contributed by atoms with Gasteiger partial charge in [-0.3, -0.25) is 4.79 Å². The lowest BCUT2D eigenvalue weighted by Gasteiger charge is -2.56. The van der Waals surface area contributed by atoms with Gasteiger partial charge in [-0.25, -0.2) is 4.68 Å². The van der Waals surface area contributed by atoms with E-state index in [-0.39, 0.29) is 11.1 Å². The Bertz CT molecular complexity index is 521. The van der Waals surface area contributed by atoms with Crippen LogP contribution < -0.4 is 11.3 Å². The van der Waals surface area contributed by atoms with E-state index in [1.807, 2.05) is 10.9 Å². The van der Waals surface area contributed by atoms with Crippen molar-refractivity contribution in [1.82, 2.24) is 9.78 Å². The van der Waals surface area contributed by atoms with Crippen LogP contribution in [0.15, 0.2) is 11.0 Å². The summed E-state index contributed by atoms with van der Waals surface area (Å²) < 4.78 is 2.00. The second-order valence-electron chi connectivity index (χ2n) is 7.47. The lowest BCUT2D eigenvalue weighted by Crippen LogP contribution is -2.54. The molecule has 0 aromatic carbocycles. The highest BCUT2D eigenvalue weighted by atomic mass is 16.1. The molecule has 1 heterocycles. The molecule has 5 rings (SSSR count). The van der Waals surface area contributed by atoms with E-state index in [0.29, 0.717) is 6.54 Å². The maximum atomic E-state index is 12.7. The molecular weight excluding hydrogens is 250 g/mol. The first-order chi connectivity index (χ1) is 9.70.